The Balaban J connectivity index is 1.53. The number of nitrogens with zero attached hydrogens (tertiary/aromatic N) is 2. The zero-order valence-corrected chi connectivity index (χ0v) is 15.9. The van der Waals surface area contributed by atoms with Gasteiger partial charge in [0.25, 0.3) is 0 Å². The normalized spacial score (nSPS) is 14.7. The van der Waals surface area contributed by atoms with E-state index in [1.165, 1.54) is 7.11 Å². The first kappa shape index (κ1) is 19.2. The van der Waals surface area contributed by atoms with E-state index in [0.717, 1.165) is 36.9 Å². The van der Waals surface area contributed by atoms with Crippen LogP contribution in [0.25, 0.3) is 0 Å². The van der Waals surface area contributed by atoms with Crippen LogP contribution in [-0.2, 0) is 9.53 Å². The summed E-state index contributed by atoms with van der Waals surface area (Å²) in [5, 5.41) is 3.54. The van der Waals surface area contributed by atoms with Crippen LogP contribution >= 0.6 is 11.6 Å². The molecule has 0 atom stereocenters. The quantitative estimate of drug-likeness (QED) is 0.799. The van der Waals surface area contributed by atoms with Crippen molar-refractivity contribution in [3.05, 3.63) is 59.1 Å². The van der Waals surface area contributed by atoms with E-state index in [2.05, 4.69) is 15.1 Å². The molecule has 1 heterocycles. The van der Waals surface area contributed by atoms with Crippen LogP contribution in [0.4, 0.5) is 11.4 Å². The fourth-order valence-electron chi connectivity index (χ4n) is 3.09. The van der Waals surface area contributed by atoms with Gasteiger partial charge in [0.15, 0.2) is 0 Å². The molecule has 0 aliphatic carbocycles. The molecule has 7 heteroatoms. The Morgan fingerprint density at radius 2 is 1.70 bits per heavy atom. The average Bonchev–Trinajstić information content (AvgIpc) is 2.69. The van der Waals surface area contributed by atoms with E-state index in [9.17, 15) is 9.59 Å². The number of amides is 1. The van der Waals surface area contributed by atoms with Gasteiger partial charge in [-0.1, -0.05) is 23.7 Å². The summed E-state index contributed by atoms with van der Waals surface area (Å²) < 4.78 is 4.76. The van der Waals surface area contributed by atoms with Gasteiger partial charge in [0.2, 0.25) is 5.91 Å². The predicted octanol–water partition coefficient (Wildman–Crippen LogP) is 2.89. The minimum absolute atomic E-state index is 0.147. The molecule has 0 unspecified atom stereocenters. The molecule has 1 N–H and O–H groups in total. The number of methoxy groups -OCH3 is 1. The van der Waals surface area contributed by atoms with Crippen molar-refractivity contribution in [3.63, 3.8) is 0 Å². The van der Waals surface area contributed by atoms with Gasteiger partial charge in [-0.15, -0.1) is 0 Å². The number of hydrogen-bond donors (Lipinski definition) is 1. The van der Waals surface area contributed by atoms with Gasteiger partial charge in [-0.2, -0.15) is 0 Å². The molecule has 1 saturated heterocycles. The minimum atomic E-state index is -0.470. The fourth-order valence-corrected chi connectivity index (χ4v) is 3.21. The van der Waals surface area contributed by atoms with Crippen LogP contribution in [0.3, 0.4) is 0 Å². The highest BCUT2D eigenvalue weighted by molar-refractivity contribution is 6.30. The lowest BCUT2D eigenvalue weighted by Gasteiger charge is -2.35. The predicted molar refractivity (Wildman–Crippen MR) is 107 cm³/mol. The molecule has 1 fully saturated rings. The summed E-state index contributed by atoms with van der Waals surface area (Å²) in [7, 11) is 1.32. The van der Waals surface area contributed by atoms with E-state index >= 15 is 0 Å². The largest absolute Gasteiger partial charge is 0.465 e. The molecule has 6 nitrogen and oxygen atoms in total. The number of carbonyl (C=O) groups excluding carboxylic acids is 2. The minimum Gasteiger partial charge on any atom is -0.465 e. The van der Waals surface area contributed by atoms with Crippen LogP contribution in [0.5, 0.6) is 0 Å². The van der Waals surface area contributed by atoms with E-state index in [0.29, 0.717) is 11.3 Å². The number of halogens is 1. The van der Waals surface area contributed by atoms with Crippen molar-refractivity contribution < 1.29 is 14.3 Å². The second-order valence-electron chi connectivity index (χ2n) is 6.32. The number of para-hydroxylation sites is 1. The van der Waals surface area contributed by atoms with Crippen LogP contribution in [0, 0.1) is 0 Å². The Bertz CT molecular complexity index is 802. The third-order valence-electron chi connectivity index (χ3n) is 4.54. The summed E-state index contributed by atoms with van der Waals surface area (Å²) in [6.45, 7) is 3.54. The van der Waals surface area contributed by atoms with E-state index < -0.39 is 5.97 Å². The standard InChI is InChI=1S/C20H22ClN3O3/c1-27-20(26)17-4-2-3-5-18(17)22-19(25)14-23-10-12-24(13-11-23)16-8-6-15(21)7-9-16/h2-9H,10-14H2,1H3,(H,22,25). The summed E-state index contributed by atoms with van der Waals surface area (Å²) in [5.74, 6) is -0.617. The number of benzene rings is 2. The molecule has 0 radical (unpaired) electrons. The van der Waals surface area contributed by atoms with Crippen LogP contribution in [0.1, 0.15) is 10.4 Å². The highest BCUT2D eigenvalue weighted by Gasteiger charge is 2.20. The summed E-state index contributed by atoms with van der Waals surface area (Å²) in [6, 6.07) is 14.6. The number of rotatable bonds is 5. The Morgan fingerprint density at radius 1 is 1.04 bits per heavy atom. The lowest BCUT2D eigenvalue weighted by atomic mass is 10.2. The maximum Gasteiger partial charge on any atom is 0.339 e. The average molecular weight is 388 g/mol. The Morgan fingerprint density at radius 3 is 2.37 bits per heavy atom. The molecule has 0 saturated carbocycles. The zero-order chi connectivity index (χ0) is 19.2. The van der Waals surface area contributed by atoms with Crippen molar-refractivity contribution in [2.45, 2.75) is 0 Å². The second-order valence-corrected chi connectivity index (χ2v) is 6.76. The van der Waals surface area contributed by atoms with Crippen LogP contribution in [0.2, 0.25) is 5.02 Å². The topological polar surface area (TPSA) is 61.9 Å². The van der Waals surface area contributed by atoms with Gasteiger partial charge in [-0.3, -0.25) is 9.69 Å². The number of nitrogens with one attached hydrogen (secondary N) is 1. The number of esters is 1. The number of ether oxygens (including phenoxy) is 1. The Kier molecular flexibility index (Phi) is 6.32. The van der Waals surface area contributed by atoms with Gasteiger partial charge in [0.1, 0.15) is 0 Å². The van der Waals surface area contributed by atoms with Gasteiger partial charge in [0, 0.05) is 36.9 Å². The zero-order valence-electron chi connectivity index (χ0n) is 15.2. The van der Waals surface area contributed by atoms with Crippen LogP contribution in [0.15, 0.2) is 48.5 Å². The molecule has 0 aromatic heterocycles. The molecule has 3 rings (SSSR count). The van der Waals surface area contributed by atoms with Crippen LogP contribution < -0.4 is 10.2 Å². The summed E-state index contributed by atoms with van der Waals surface area (Å²) >= 11 is 5.94. The maximum atomic E-state index is 12.4. The first-order chi connectivity index (χ1) is 13.1. The first-order valence-corrected chi connectivity index (χ1v) is 9.14. The Hall–Kier alpha value is -2.57. The second kappa shape index (κ2) is 8.88. The molecule has 2 aromatic rings. The molecule has 0 bridgehead atoms. The van der Waals surface area contributed by atoms with E-state index in [-0.39, 0.29) is 12.5 Å². The van der Waals surface area contributed by atoms with Crippen molar-refractivity contribution in [3.8, 4) is 0 Å². The van der Waals surface area contributed by atoms with Crippen molar-refractivity contribution in [2.24, 2.45) is 0 Å². The van der Waals surface area contributed by atoms with Gasteiger partial charge >= 0.3 is 5.97 Å². The molecular formula is C20H22ClN3O3. The van der Waals surface area contributed by atoms with Gasteiger partial charge in [-0.05, 0) is 36.4 Å². The number of hydrogen-bond acceptors (Lipinski definition) is 5. The summed E-state index contributed by atoms with van der Waals surface area (Å²) in [6.07, 6.45) is 0. The van der Waals surface area contributed by atoms with Gasteiger partial charge in [0.05, 0.1) is 24.9 Å². The smallest absolute Gasteiger partial charge is 0.339 e. The monoisotopic (exact) mass is 387 g/mol. The maximum absolute atomic E-state index is 12.4. The fraction of sp³-hybridized carbons (Fsp3) is 0.300. The van der Waals surface area contributed by atoms with Crippen molar-refractivity contribution in [2.75, 3.05) is 50.1 Å². The third-order valence-corrected chi connectivity index (χ3v) is 4.79. The highest BCUT2D eigenvalue weighted by atomic mass is 35.5. The molecule has 0 spiro atoms. The molecule has 142 valence electrons. The van der Waals surface area contributed by atoms with Gasteiger partial charge in [-0.25, -0.2) is 4.79 Å². The molecule has 27 heavy (non-hydrogen) atoms. The summed E-state index contributed by atoms with van der Waals surface area (Å²) in [4.78, 5) is 28.6. The molecule has 2 aromatic carbocycles. The lowest BCUT2D eigenvalue weighted by molar-refractivity contribution is -0.117. The van der Waals surface area contributed by atoms with Crippen LogP contribution in [-0.4, -0.2) is 56.6 Å². The summed E-state index contributed by atoms with van der Waals surface area (Å²) in [5.41, 5.74) is 1.95. The lowest BCUT2D eigenvalue weighted by Crippen LogP contribution is -2.48. The van der Waals surface area contributed by atoms with Crippen molar-refractivity contribution in [1.29, 1.82) is 0 Å². The Labute approximate surface area is 163 Å². The van der Waals surface area contributed by atoms with E-state index in [1.807, 2.05) is 24.3 Å². The van der Waals surface area contributed by atoms with Crippen molar-refractivity contribution in [1.82, 2.24) is 4.90 Å². The third kappa shape index (κ3) is 4.99. The number of carbonyl (C=O) groups is 2. The molecular weight excluding hydrogens is 366 g/mol. The SMILES string of the molecule is COC(=O)c1ccccc1NC(=O)CN1CCN(c2ccc(Cl)cc2)CC1. The number of anilines is 2. The number of piperazine rings is 1. The molecule has 1 aliphatic heterocycles. The van der Waals surface area contributed by atoms with E-state index in [1.54, 1.807) is 24.3 Å². The molecule has 1 aliphatic rings. The van der Waals surface area contributed by atoms with Gasteiger partial charge < -0.3 is 15.0 Å². The highest BCUT2D eigenvalue weighted by Crippen LogP contribution is 2.20. The van der Waals surface area contributed by atoms with Crippen molar-refractivity contribution >= 4 is 34.9 Å². The first-order valence-electron chi connectivity index (χ1n) is 8.77. The molecule has 1 amide bonds. The van der Waals surface area contributed by atoms with E-state index in [4.69, 9.17) is 16.3 Å².